The lowest BCUT2D eigenvalue weighted by molar-refractivity contribution is 0.0779. The number of nitrogens with zero attached hydrogens (tertiary/aromatic N) is 4. The van der Waals surface area contributed by atoms with Gasteiger partial charge in [-0.3, -0.25) is 14.5 Å². The molecular weight excluding hydrogens is 266 g/mol. The Morgan fingerprint density at radius 3 is 3.10 bits per heavy atom. The summed E-state index contributed by atoms with van der Waals surface area (Å²) in [4.78, 5) is 18.5. The highest BCUT2D eigenvalue weighted by Crippen LogP contribution is 2.17. The summed E-state index contributed by atoms with van der Waals surface area (Å²) in [5.74, 6) is 0.0600. The van der Waals surface area contributed by atoms with Gasteiger partial charge in [-0.25, -0.2) is 0 Å². The van der Waals surface area contributed by atoms with Crippen LogP contribution in [0.15, 0.2) is 36.8 Å². The maximum atomic E-state index is 12.5. The van der Waals surface area contributed by atoms with E-state index in [1.54, 1.807) is 29.3 Å². The third-order valence-electron chi connectivity index (χ3n) is 3.74. The standard InChI is InChI=1S/C15H19N5O/c1-2-20-14(5-8-17-20)15(21)19-9-6-13(11-19)18-12-4-3-7-16-10-12/h3-5,7-8,10,13,18H,2,6,9,11H2,1H3/t13-/m1/s1. The number of amides is 1. The summed E-state index contributed by atoms with van der Waals surface area (Å²) < 4.78 is 1.74. The number of aromatic nitrogens is 3. The molecule has 1 aliphatic rings. The van der Waals surface area contributed by atoms with E-state index < -0.39 is 0 Å². The number of pyridine rings is 1. The first kappa shape index (κ1) is 13.6. The van der Waals surface area contributed by atoms with Crippen molar-refractivity contribution in [2.24, 2.45) is 0 Å². The average Bonchev–Trinajstić information content (AvgIpc) is 3.16. The second-order valence-electron chi connectivity index (χ2n) is 5.16. The van der Waals surface area contributed by atoms with Crippen molar-refractivity contribution >= 4 is 11.6 Å². The van der Waals surface area contributed by atoms with Gasteiger partial charge in [0.1, 0.15) is 5.69 Å². The highest BCUT2D eigenvalue weighted by atomic mass is 16.2. The molecule has 3 rings (SSSR count). The van der Waals surface area contributed by atoms with Gasteiger partial charge in [-0.1, -0.05) is 0 Å². The number of nitrogens with one attached hydrogen (secondary N) is 1. The minimum Gasteiger partial charge on any atom is -0.379 e. The highest BCUT2D eigenvalue weighted by molar-refractivity contribution is 5.92. The van der Waals surface area contributed by atoms with E-state index in [1.807, 2.05) is 24.0 Å². The number of anilines is 1. The van der Waals surface area contributed by atoms with E-state index in [1.165, 1.54) is 0 Å². The molecule has 6 heteroatoms. The largest absolute Gasteiger partial charge is 0.379 e. The molecule has 3 heterocycles. The van der Waals surface area contributed by atoms with E-state index >= 15 is 0 Å². The Hall–Kier alpha value is -2.37. The zero-order valence-corrected chi connectivity index (χ0v) is 12.1. The third kappa shape index (κ3) is 2.89. The van der Waals surface area contributed by atoms with Gasteiger partial charge in [-0.15, -0.1) is 0 Å². The van der Waals surface area contributed by atoms with Crippen LogP contribution in [-0.2, 0) is 6.54 Å². The van der Waals surface area contributed by atoms with Gasteiger partial charge in [0.2, 0.25) is 0 Å². The predicted molar refractivity (Wildman–Crippen MR) is 80.1 cm³/mol. The van der Waals surface area contributed by atoms with E-state index in [2.05, 4.69) is 15.4 Å². The summed E-state index contributed by atoms with van der Waals surface area (Å²) in [6.07, 6.45) is 6.18. The summed E-state index contributed by atoms with van der Waals surface area (Å²) in [6, 6.07) is 5.95. The Kier molecular flexibility index (Phi) is 3.85. The van der Waals surface area contributed by atoms with Crippen molar-refractivity contribution in [1.29, 1.82) is 0 Å². The first-order valence-electron chi connectivity index (χ1n) is 7.25. The van der Waals surface area contributed by atoms with E-state index in [0.717, 1.165) is 18.7 Å². The van der Waals surface area contributed by atoms with Crippen LogP contribution < -0.4 is 5.32 Å². The molecule has 0 spiro atoms. The van der Waals surface area contributed by atoms with Crippen LogP contribution >= 0.6 is 0 Å². The maximum Gasteiger partial charge on any atom is 0.272 e. The summed E-state index contributed by atoms with van der Waals surface area (Å²) in [5.41, 5.74) is 1.66. The van der Waals surface area contributed by atoms with E-state index in [9.17, 15) is 4.79 Å². The van der Waals surface area contributed by atoms with Crippen molar-refractivity contribution in [2.75, 3.05) is 18.4 Å². The van der Waals surface area contributed by atoms with Crippen LogP contribution in [0.3, 0.4) is 0 Å². The van der Waals surface area contributed by atoms with Gasteiger partial charge in [0, 0.05) is 44.3 Å². The topological polar surface area (TPSA) is 63.1 Å². The van der Waals surface area contributed by atoms with Crippen molar-refractivity contribution < 1.29 is 4.79 Å². The number of carbonyl (C=O) groups is 1. The minimum atomic E-state index is 0.0600. The van der Waals surface area contributed by atoms with Crippen LogP contribution in [0.5, 0.6) is 0 Å². The summed E-state index contributed by atoms with van der Waals surface area (Å²) >= 11 is 0. The number of hydrogen-bond acceptors (Lipinski definition) is 4. The first-order chi connectivity index (χ1) is 10.3. The molecule has 6 nitrogen and oxygen atoms in total. The van der Waals surface area contributed by atoms with Gasteiger partial charge in [0.15, 0.2) is 0 Å². The van der Waals surface area contributed by atoms with Crippen LogP contribution in [0.25, 0.3) is 0 Å². The van der Waals surface area contributed by atoms with Crippen molar-refractivity contribution in [1.82, 2.24) is 19.7 Å². The predicted octanol–water partition coefficient (Wildman–Crippen LogP) is 1.62. The molecule has 110 valence electrons. The normalized spacial score (nSPS) is 18.0. The van der Waals surface area contributed by atoms with Gasteiger partial charge in [-0.2, -0.15) is 5.10 Å². The van der Waals surface area contributed by atoms with E-state index in [4.69, 9.17) is 0 Å². The van der Waals surface area contributed by atoms with Gasteiger partial charge in [0.05, 0.1) is 5.69 Å². The van der Waals surface area contributed by atoms with Gasteiger partial charge in [0.25, 0.3) is 5.91 Å². The number of rotatable bonds is 4. The van der Waals surface area contributed by atoms with Crippen molar-refractivity contribution in [3.8, 4) is 0 Å². The van der Waals surface area contributed by atoms with E-state index in [0.29, 0.717) is 18.8 Å². The zero-order valence-electron chi connectivity index (χ0n) is 12.1. The number of hydrogen-bond donors (Lipinski definition) is 1. The Morgan fingerprint density at radius 1 is 1.43 bits per heavy atom. The van der Waals surface area contributed by atoms with Crippen LogP contribution in [0.4, 0.5) is 5.69 Å². The van der Waals surface area contributed by atoms with Crippen molar-refractivity contribution in [2.45, 2.75) is 25.9 Å². The second-order valence-corrected chi connectivity index (χ2v) is 5.16. The first-order valence-corrected chi connectivity index (χ1v) is 7.25. The van der Waals surface area contributed by atoms with Gasteiger partial charge >= 0.3 is 0 Å². The molecule has 1 amide bonds. The fourth-order valence-electron chi connectivity index (χ4n) is 2.67. The summed E-state index contributed by atoms with van der Waals surface area (Å²) in [6.45, 7) is 4.17. The molecule has 0 bridgehead atoms. The van der Waals surface area contributed by atoms with Crippen LogP contribution in [-0.4, -0.2) is 44.7 Å². The minimum absolute atomic E-state index is 0.0600. The molecule has 0 saturated carbocycles. The Labute approximate surface area is 123 Å². The molecule has 1 aliphatic heterocycles. The lowest BCUT2D eigenvalue weighted by Crippen LogP contribution is -2.33. The van der Waals surface area contributed by atoms with Crippen LogP contribution in [0.2, 0.25) is 0 Å². The highest BCUT2D eigenvalue weighted by Gasteiger charge is 2.28. The van der Waals surface area contributed by atoms with Crippen molar-refractivity contribution in [3.05, 3.63) is 42.5 Å². The molecule has 2 aromatic rings. The summed E-state index contributed by atoms with van der Waals surface area (Å²) in [5, 5.41) is 7.58. The molecule has 1 N–H and O–H groups in total. The molecule has 1 saturated heterocycles. The third-order valence-corrected chi connectivity index (χ3v) is 3.74. The molecule has 0 aromatic carbocycles. The monoisotopic (exact) mass is 285 g/mol. The molecule has 21 heavy (non-hydrogen) atoms. The van der Waals surface area contributed by atoms with Gasteiger partial charge < -0.3 is 10.2 Å². The lowest BCUT2D eigenvalue weighted by atomic mass is 10.2. The van der Waals surface area contributed by atoms with E-state index in [-0.39, 0.29) is 11.9 Å². The van der Waals surface area contributed by atoms with Crippen LogP contribution in [0.1, 0.15) is 23.8 Å². The molecular formula is C15H19N5O. The summed E-state index contributed by atoms with van der Waals surface area (Å²) in [7, 11) is 0. The number of carbonyl (C=O) groups excluding carboxylic acids is 1. The van der Waals surface area contributed by atoms with Gasteiger partial charge in [-0.05, 0) is 31.5 Å². The molecule has 0 unspecified atom stereocenters. The smallest absolute Gasteiger partial charge is 0.272 e. The average molecular weight is 285 g/mol. The van der Waals surface area contributed by atoms with Crippen molar-refractivity contribution in [3.63, 3.8) is 0 Å². The number of aryl methyl sites for hydroxylation is 1. The molecule has 1 fully saturated rings. The molecule has 1 atom stereocenters. The van der Waals surface area contributed by atoms with Crippen LogP contribution in [0, 0.1) is 0 Å². The fourth-order valence-corrected chi connectivity index (χ4v) is 2.67. The second kappa shape index (κ2) is 5.95. The molecule has 2 aromatic heterocycles. The zero-order chi connectivity index (χ0) is 14.7. The molecule has 0 aliphatic carbocycles. The number of likely N-dealkylation sites (tertiary alicyclic amines) is 1. The lowest BCUT2D eigenvalue weighted by Gasteiger charge is -2.18. The Balaban J connectivity index is 1.63. The Bertz CT molecular complexity index is 610. The molecule has 0 radical (unpaired) electrons. The fraction of sp³-hybridized carbons (Fsp3) is 0.400. The maximum absolute atomic E-state index is 12.5. The SMILES string of the molecule is CCn1nccc1C(=O)N1CC[C@@H](Nc2cccnc2)C1. The quantitative estimate of drug-likeness (QED) is 0.927. The Morgan fingerprint density at radius 2 is 2.33 bits per heavy atom.